The topological polar surface area (TPSA) is 137 Å². The van der Waals surface area contributed by atoms with E-state index in [4.69, 9.17) is 9.47 Å². The first kappa shape index (κ1) is 27.9. The molecule has 4 rings (SSSR count). The predicted octanol–water partition coefficient (Wildman–Crippen LogP) is 4.37. The minimum atomic E-state index is -0.915. The number of aryl methyl sites for hydroxylation is 2. The fraction of sp³-hybridized carbons (Fsp3) is 0.333. The van der Waals surface area contributed by atoms with Gasteiger partial charge in [-0.15, -0.1) is 0 Å². The zero-order valence-corrected chi connectivity index (χ0v) is 22.6. The van der Waals surface area contributed by atoms with Gasteiger partial charge in [0.05, 0.1) is 11.1 Å². The number of imidazole rings is 1. The first-order chi connectivity index (χ1) is 18.6. The second kappa shape index (κ2) is 12.2. The first-order valence-electron chi connectivity index (χ1n) is 13.0. The molecule has 0 aliphatic heterocycles. The third-order valence-electron chi connectivity index (χ3n) is 6.55. The van der Waals surface area contributed by atoms with Crippen LogP contribution in [-0.2, 0) is 0 Å². The highest BCUT2D eigenvalue weighted by Gasteiger charge is 2.15. The summed E-state index contributed by atoms with van der Waals surface area (Å²) in [5.74, 6) is 0.490. The van der Waals surface area contributed by atoms with Gasteiger partial charge in [0.25, 0.3) is 0 Å². The van der Waals surface area contributed by atoms with Crippen LogP contribution in [0, 0.1) is 13.8 Å². The molecule has 1 atom stereocenters. The summed E-state index contributed by atoms with van der Waals surface area (Å²) in [4.78, 5) is 28.5. The second-order valence-electron chi connectivity index (χ2n) is 9.98. The molecule has 0 aliphatic rings. The number of carboxylic acids is 1. The molecule has 0 amide bonds. The molecule has 0 bridgehead atoms. The molecule has 0 aliphatic carbocycles. The number of fused-ring (bicyclic) bond motifs is 1. The number of carbonyl (C=O) groups is 1. The molecule has 0 spiro atoms. The van der Waals surface area contributed by atoms with Crippen LogP contribution in [0.5, 0.6) is 11.5 Å². The summed E-state index contributed by atoms with van der Waals surface area (Å²) in [5.41, 5.74) is 6.02. The predicted molar refractivity (Wildman–Crippen MR) is 151 cm³/mol. The maximum absolute atomic E-state index is 11.6. The van der Waals surface area contributed by atoms with Crippen LogP contribution in [0.4, 0.5) is 0 Å². The number of H-pyrrole nitrogens is 2. The summed E-state index contributed by atoms with van der Waals surface area (Å²) in [5, 5.41) is 23.0. The highest BCUT2D eigenvalue weighted by Crippen LogP contribution is 2.32. The van der Waals surface area contributed by atoms with Crippen molar-refractivity contribution in [1.82, 2.24) is 15.3 Å². The van der Waals surface area contributed by atoms with E-state index in [1.54, 1.807) is 24.3 Å². The molecular formula is C30H35N3O6. The van der Waals surface area contributed by atoms with Gasteiger partial charge in [-0.05, 0) is 77.9 Å². The Morgan fingerprint density at radius 1 is 1.00 bits per heavy atom. The molecule has 206 valence electrons. The minimum Gasteiger partial charge on any atom is -0.492 e. The quantitative estimate of drug-likeness (QED) is 0.171. The molecule has 0 saturated heterocycles. The number of aliphatic hydroxyl groups is 1. The van der Waals surface area contributed by atoms with E-state index in [1.165, 1.54) is 0 Å². The number of benzene rings is 3. The molecule has 3 aromatic carbocycles. The van der Waals surface area contributed by atoms with Crippen molar-refractivity contribution in [2.75, 3.05) is 26.3 Å². The molecule has 4 aromatic rings. The van der Waals surface area contributed by atoms with E-state index in [9.17, 15) is 19.8 Å². The summed E-state index contributed by atoms with van der Waals surface area (Å²) in [6.45, 7) is 9.33. The fourth-order valence-corrected chi connectivity index (χ4v) is 4.65. The fourth-order valence-electron chi connectivity index (χ4n) is 4.65. The van der Waals surface area contributed by atoms with Crippen molar-refractivity contribution >= 4 is 17.0 Å². The molecular weight excluding hydrogens is 498 g/mol. The Morgan fingerprint density at radius 2 is 1.74 bits per heavy atom. The van der Waals surface area contributed by atoms with Crippen LogP contribution in [-0.4, -0.2) is 58.6 Å². The van der Waals surface area contributed by atoms with Crippen LogP contribution in [0.3, 0.4) is 0 Å². The van der Waals surface area contributed by atoms with Crippen molar-refractivity contribution in [3.63, 3.8) is 0 Å². The molecule has 0 radical (unpaired) electrons. The average Bonchev–Trinajstić information content (AvgIpc) is 3.28. The monoisotopic (exact) mass is 533 g/mol. The summed E-state index contributed by atoms with van der Waals surface area (Å²) < 4.78 is 11.7. The van der Waals surface area contributed by atoms with Gasteiger partial charge in [-0.1, -0.05) is 32.0 Å². The van der Waals surface area contributed by atoms with Crippen molar-refractivity contribution in [2.24, 2.45) is 0 Å². The van der Waals surface area contributed by atoms with Gasteiger partial charge >= 0.3 is 11.7 Å². The van der Waals surface area contributed by atoms with Crippen molar-refractivity contribution in [3.8, 4) is 22.6 Å². The Kier molecular flexibility index (Phi) is 8.73. The minimum absolute atomic E-state index is 0.0752. The van der Waals surface area contributed by atoms with Crippen LogP contribution in [0.1, 0.15) is 46.8 Å². The summed E-state index contributed by atoms with van der Waals surface area (Å²) >= 11 is 0. The number of nitrogens with one attached hydrogen (secondary N) is 3. The van der Waals surface area contributed by atoms with Gasteiger partial charge < -0.3 is 35.0 Å². The SMILES string of the molecule is Cc1cc(-c2ccc(C(=O)O)c(C(C)C)c2)cc(C)c1OCCNC[C@@H](O)COc1cccc2[nH]c(=O)[nH]c12. The number of hydrogen-bond acceptors (Lipinski definition) is 6. The lowest BCUT2D eigenvalue weighted by atomic mass is 9.91. The lowest BCUT2D eigenvalue weighted by Gasteiger charge is -2.17. The Hall–Kier alpha value is -4.08. The van der Waals surface area contributed by atoms with Gasteiger partial charge in [-0.2, -0.15) is 0 Å². The van der Waals surface area contributed by atoms with Crippen molar-refractivity contribution < 1.29 is 24.5 Å². The molecule has 39 heavy (non-hydrogen) atoms. The lowest BCUT2D eigenvalue weighted by Crippen LogP contribution is -2.33. The molecule has 0 fully saturated rings. The number of hydrogen-bond donors (Lipinski definition) is 5. The third kappa shape index (κ3) is 6.68. The van der Waals surface area contributed by atoms with Crippen molar-refractivity contribution in [2.45, 2.75) is 39.7 Å². The van der Waals surface area contributed by atoms with Crippen LogP contribution < -0.4 is 20.5 Å². The van der Waals surface area contributed by atoms with Gasteiger partial charge in [0, 0.05) is 13.1 Å². The maximum atomic E-state index is 11.6. The number of aromatic carboxylic acids is 1. The van der Waals surface area contributed by atoms with Crippen LogP contribution in [0.25, 0.3) is 22.2 Å². The molecule has 5 N–H and O–H groups in total. The third-order valence-corrected chi connectivity index (χ3v) is 6.55. The number of rotatable bonds is 12. The normalized spacial score (nSPS) is 12.2. The number of carboxylic acid groups (broad SMARTS) is 1. The number of aromatic amines is 2. The Labute approximate surface area is 226 Å². The Balaban J connectivity index is 1.28. The van der Waals surface area contributed by atoms with E-state index in [-0.39, 0.29) is 18.2 Å². The van der Waals surface area contributed by atoms with Gasteiger partial charge in [-0.3, -0.25) is 0 Å². The smallest absolute Gasteiger partial charge is 0.335 e. The highest BCUT2D eigenvalue weighted by atomic mass is 16.5. The largest absolute Gasteiger partial charge is 0.492 e. The van der Waals surface area contributed by atoms with E-state index in [0.717, 1.165) is 33.6 Å². The number of para-hydroxylation sites is 1. The van der Waals surface area contributed by atoms with E-state index in [1.807, 2.05) is 39.8 Å². The van der Waals surface area contributed by atoms with Gasteiger partial charge in [-0.25, -0.2) is 9.59 Å². The van der Waals surface area contributed by atoms with Gasteiger partial charge in [0.2, 0.25) is 0 Å². The highest BCUT2D eigenvalue weighted by molar-refractivity contribution is 5.90. The summed E-state index contributed by atoms with van der Waals surface area (Å²) in [7, 11) is 0. The zero-order valence-electron chi connectivity index (χ0n) is 22.6. The van der Waals surface area contributed by atoms with Gasteiger partial charge in [0.15, 0.2) is 0 Å². The Bertz CT molecular complexity index is 1500. The van der Waals surface area contributed by atoms with E-state index in [0.29, 0.717) is 42.0 Å². The first-order valence-corrected chi connectivity index (χ1v) is 13.0. The van der Waals surface area contributed by atoms with Crippen molar-refractivity contribution in [3.05, 3.63) is 81.3 Å². The summed E-state index contributed by atoms with van der Waals surface area (Å²) in [6, 6.07) is 14.9. The molecule has 1 heterocycles. The molecule has 0 unspecified atom stereocenters. The van der Waals surface area contributed by atoms with Gasteiger partial charge in [0.1, 0.15) is 36.3 Å². The number of aromatic nitrogens is 2. The molecule has 1 aromatic heterocycles. The standard InChI is InChI=1S/C30H35N3O6/c1-17(2)24-14-20(8-9-23(24)29(35)36)21-12-18(3)28(19(4)13-21)38-11-10-31-15-22(34)16-39-26-7-5-6-25-27(26)33-30(37)32-25/h5-9,12-14,17,22,31,34H,10-11,15-16H2,1-4H3,(H,35,36)(H2,32,33,37)/t22-/m1/s1. The van der Waals surface area contributed by atoms with E-state index in [2.05, 4.69) is 27.4 Å². The zero-order chi connectivity index (χ0) is 28.1. The van der Waals surface area contributed by atoms with Crippen molar-refractivity contribution in [1.29, 1.82) is 0 Å². The van der Waals surface area contributed by atoms with E-state index >= 15 is 0 Å². The number of aliphatic hydroxyl groups excluding tert-OH is 1. The average molecular weight is 534 g/mol. The summed E-state index contributed by atoms with van der Waals surface area (Å²) in [6.07, 6.45) is -0.739. The van der Waals surface area contributed by atoms with Crippen LogP contribution >= 0.6 is 0 Å². The molecule has 9 nitrogen and oxygen atoms in total. The van der Waals surface area contributed by atoms with E-state index < -0.39 is 12.1 Å². The van der Waals surface area contributed by atoms with Crippen LogP contribution in [0.2, 0.25) is 0 Å². The number of ether oxygens (including phenoxy) is 2. The molecule has 0 saturated carbocycles. The molecule has 9 heteroatoms. The maximum Gasteiger partial charge on any atom is 0.335 e. The second-order valence-corrected chi connectivity index (χ2v) is 9.98. The lowest BCUT2D eigenvalue weighted by molar-refractivity contribution is 0.0695. The van der Waals surface area contributed by atoms with Crippen LogP contribution in [0.15, 0.2) is 53.3 Å². The Morgan fingerprint density at radius 3 is 2.44 bits per heavy atom.